The zero-order valence-electron chi connectivity index (χ0n) is 52.4. The Bertz CT molecular complexity index is 4890. The molecule has 11 aromatic carbocycles. The van der Waals surface area contributed by atoms with E-state index in [0.29, 0.717) is 22.5 Å². The van der Waals surface area contributed by atoms with Crippen molar-refractivity contribution in [3.05, 3.63) is 259 Å². The topological polar surface area (TPSA) is 33.6 Å². The molecule has 0 aliphatic rings. The van der Waals surface area contributed by atoms with Gasteiger partial charge in [0.25, 0.3) is 0 Å². The van der Waals surface area contributed by atoms with Crippen molar-refractivity contribution in [1.82, 2.24) is 9.13 Å². The van der Waals surface area contributed by atoms with Crippen LogP contribution in [0.4, 0.5) is 26.3 Å². The predicted molar refractivity (Wildman–Crippen MR) is 359 cm³/mol. The quantitative estimate of drug-likeness (QED) is 0.140. The van der Waals surface area contributed by atoms with Crippen LogP contribution in [0.3, 0.4) is 0 Å². The van der Waals surface area contributed by atoms with Crippen LogP contribution < -0.4 is 0 Å². The van der Waals surface area contributed by atoms with E-state index in [9.17, 15) is 31.6 Å². The lowest BCUT2D eigenvalue weighted by molar-refractivity contribution is -0.143. The maximum absolute atomic E-state index is 14.7. The summed E-state index contributed by atoms with van der Waals surface area (Å²) in [6.45, 7) is 25.4. The molecule has 0 saturated heterocycles. The molecule has 0 spiro atoms. The van der Waals surface area contributed by atoms with E-state index in [1.165, 1.54) is 11.1 Å². The van der Waals surface area contributed by atoms with Gasteiger partial charge in [-0.15, -0.1) is 0 Å². The molecule has 9 heteroatoms. The maximum Gasteiger partial charge on any atom is 0.416 e. The van der Waals surface area contributed by atoms with Crippen LogP contribution in [0.15, 0.2) is 176 Å². The summed E-state index contributed by atoms with van der Waals surface area (Å²) in [6, 6.07) is 58.2. The number of fused-ring (bicyclic) bond motifs is 6. The number of aryl methyl sites for hydroxylation is 12. The Balaban J connectivity index is 1.12. The normalized spacial score (nSPS) is 12.1. The fourth-order valence-electron chi connectivity index (χ4n) is 15.0. The number of benzene rings is 11. The second-order valence-corrected chi connectivity index (χ2v) is 25.1. The van der Waals surface area contributed by atoms with E-state index in [0.717, 1.165) is 156 Å². The molecule has 0 radical (unpaired) electrons. The third-order valence-corrected chi connectivity index (χ3v) is 18.2. The molecule has 0 amide bonds. The third kappa shape index (κ3) is 10.1. The van der Waals surface area contributed by atoms with E-state index >= 15 is 0 Å². The number of rotatable bonds is 8. The van der Waals surface area contributed by atoms with Crippen LogP contribution in [-0.2, 0) is 12.4 Å². The third-order valence-electron chi connectivity index (χ3n) is 18.2. The van der Waals surface area contributed by atoms with Crippen LogP contribution in [0.25, 0.3) is 122 Å². The fraction of sp³-hybridized carbons (Fsp3) is 0.173. The molecule has 13 rings (SSSR count). The molecule has 13 aromatic rings. The molecule has 3 nitrogen and oxygen atoms in total. The number of alkyl halides is 6. The molecular formula is C81H65F6N3. The average Bonchev–Trinajstić information content (AvgIpc) is 1.58. The molecule has 0 N–H and O–H groups in total. The molecule has 0 unspecified atom stereocenters. The van der Waals surface area contributed by atoms with Gasteiger partial charge in [0.1, 0.15) is 0 Å². The highest BCUT2D eigenvalue weighted by atomic mass is 19.4. The van der Waals surface area contributed by atoms with E-state index in [4.69, 9.17) is 0 Å². The van der Waals surface area contributed by atoms with Crippen LogP contribution in [0, 0.1) is 94.4 Å². The van der Waals surface area contributed by atoms with Gasteiger partial charge in [-0.1, -0.05) is 101 Å². The lowest BCUT2D eigenvalue weighted by Crippen LogP contribution is -2.11. The zero-order valence-corrected chi connectivity index (χ0v) is 52.4. The molecule has 446 valence electrons. The first kappa shape index (κ1) is 59.1. The molecule has 2 aromatic heterocycles. The molecule has 0 aliphatic carbocycles. The monoisotopic (exact) mass is 1190 g/mol. The first-order valence-electron chi connectivity index (χ1n) is 30.2. The molecule has 0 fully saturated rings. The van der Waals surface area contributed by atoms with Crippen LogP contribution in [0.2, 0.25) is 0 Å². The highest BCUT2D eigenvalue weighted by Gasteiger charge is 2.37. The number of nitriles is 1. The van der Waals surface area contributed by atoms with Gasteiger partial charge >= 0.3 is 12.4 Å². The van der Waals surface area contributed by atoms with Gasteiger partial charge in [-0.05, 0) is 280 Å². The zero-order chi connectivity index (χ0) is 63.7. The Labute approximate surface area is 520 Å². The Kier molecular flexibility index (Phi) is 14.2. The van der Waals surface area contributed by atoms with Gasteiger partial charge in [0.05, 0.1) is 50.5 Å². The van der Waals surface area contributed by atoms with Gasteiger partial charge in [-0.3, -0.25) is 0 Å². The summed E-state index contributed by atoms with van der Waals surface area (Å²) in [4.78, 5) is 0. The first-order valence-corrected chi connectivity index (χ1v) is 30.2. The van der Waals surface area contributed by atoms with E-state index < -0.39 is 23.5 Å². The molecular weight excluding hydrogens is 1130 g/mol. The van der Waals surface area contributed by atoms with E-state index in [-0.39, 0.29) is 22.8 Å². The van der Waals surface area contributed by atoms with Crippen molar-refractivity contribution in [3.63, 3.8) is 0 Å². The van der Waals surface area contributed by atoms with Gasteiger partial charge in [0.2, 0.25) is 0 Å². The van der Waals surface area contributed by atoms with Crippen LogP contribution >= 0.6 is 0 Å². The minimum Gasteiger partial charge on any atom is -0.309 e. The Morgan fingerprint density at radius 3 is 0.944 bits per heavy atom. The van der Waals surface area contributed by atoms with Crippen LogP contribution in [0.1, 0.15) is 83.5 Å². The van der Waals surface area contributed by atoms with Gasteiger partial charge in [-0.2, -0.15) is 31.6 Å². The van der Waals surface area contributed by atoms with Crippen molar-refractivity contribution < 1.29 is 26.3 Å². The Hall–Kier alpha value is -9.91. The standard InChI is InChI=1S/C81H65F6N3/c1-43-25-47(5)76(48(6)26-43)56-15-21-71-67(36-56)68-37-57(77-49(7)27-44(2)28-50(77)8)16-22-72(68)89(71)64-19-13-60(42-88)65(41-64)66-35-55(61-33-62(80(82,83)84)40-63(34-61)81(85,86)87)14-20-73(66)90-74-23-17-58(78-51(9)29-45(3)30-52(78)10)38-69(74)70-39-59(18-24-75(70)90)79-53(11)31-46(4)32-54(79)12/h13-41H,1-12H3. The molecule has 90 heavy (non-hydrogen) atoms. The number of hydrogen-bond acceptors (Lipinski definition) is 1. The second kappa shape index (κ2) is 21.7. The number of nitrogens with zero attached hydrogens (tertiary/aromatic N) is 3. The Morgan fingerprint density at radius 1 is 0.300 bits per heavy atom. The summed E-state index contributed by atoms with van der Waals surface area (Å²) in [5.41, 5.74) is 25.2. The van der Waals surface area contributed by atoms with Crippen molar-refractivity contribution in [3.8, 4) is 84.2 Å². The molecule has 0 saturated carbocycles. The lowest BCUT2D eigenvalue weighted by atomic mass is 9.91. The highest BCUT2D eigenvalue weighted by Crippen LogP contribution is 2.47. The molecule has 0 bridgehead atoms. The fourth-order valence-corrected chi connectivity index (χ4v) is 15.0. The smallest absolute Gasteiger partial charge is 0.309 e. The van der Waals surface area contributed by atoms with E-state index in [1.54, 1.807) is 24.3 Å². The summed E-state index contributed by atoms with van der Waals surface area (Å²) in [6.07, 6.45) is -10.2. The molecule has 2 heterocycles. The number of hydrogen-bond donors (Lipinski definition) is 0. The molecule has 0 atom stereocenters. The first-order chi connectivity index (χ1) is 42.7. The summed E-state index contributed by atoms with van der Waals surface area (Å²) < 4.78 is 92.8. The SMILES string of the molecule is Cc1cc(C)c(-c2ccc3c(c2)c2cc(-c4c(C)cc(C)cc4C)ccc2n3-c2ccc(C#N)c(-c3cc(-c4cc(C(F)(F)F)cc(C(F)(F)F)c4)ccc3-n3c4ccc(-c5c(C)cc(C)cc5C)cc4c4cc(-c5c(C)cc(C)cc5C)ccc43)c2)c(C)c1. The van der Waals surface area contributed by atoms with E-state index in [1.807, 2.05) is 12.1 Å². The summed E-state index contributed by atoms with van der Waals surface area (Å²) in [5.74, 6) is 0. The average molecular weight is 1190 g/mol. The van der Waals surface area contributed by atoms with Gasteiger partial charge < -0.3 is 9.13 Å². The minimum absolute atomic E-state index is 0.0981. The summed E-state index contributed by atoms with van der Waals surface area (Å²) >= 11 is 0. The minimum atomic E-state index is -5.09. The van der Waals surface area contributed by atoms with Gasteiger partial charge in [-0.25, -0.2) is 0 Å². The number of aromatic nitrogens is 2. The van der Waals surface area contributed by atoms with Crippen molar-refractivity contribution >= 4 is 43.6 Å². The van der Waals surface area contributed by atoms with Crippen molar-refractivity contribution in [2.24, 2.45) is 0 Å². The van der Waals surface area contributed by atoms with Crippen molar-refractivity contribution in [1.29, 1.82) is 5.26 Å². The summed E-state index contributed by atoms with van der Waals surface area (Å²) in [7, 11) is 0. The van der Waals surface area contributed by atoms with Crippen LogP contribution in [0.5, 0.6) is 0 Å². The summed E-state index contributed by atoms with van der Waals surface area (Å²) in [5, 5.41) is 15.2. The van der Waals surface area contributed by atoms with Crippen molar-refractivity contribution in [2.75, 3.05) is 0 Å². The Morgan fingerprint density at radius 2 is 0.622 bits per heavy atom. The molecule has 0 aliphatic heterocycles. The lowest BCUT2D eigenvalue weighted by Gasteiger charge is -2.19. The number of halogens is 6. The van der Waals surface area contributed by atoms with Gasteiger partial charge in [0.15, 0.2) is 0 Å². The highest BCUT2D eigenvalue weighted by molar-refractivity contribution is 6.14. The van der Waals surface area contributed by atoms with Crippen molar-refractivity contribution in [2.45, 2.75) is 95.4 Å². The second-order valence-electron chi connectivity index (χ2n) is 25.1. The predicted octanol–water partition coefficient (Wildman–Crippen LogP) is 23.5. The largest absolute Gasteiger partial charge is 0.416 e. The van der Waals surface area contributed by atoms with Gasteiger partial charge in [0, 0.05) is 38.4 Å². The van der Waals surface area contributed by atoms with E-state index in [2.05, 4.69) is 220 Å². The van der Waals surface area contributed by atoms with Crippen LogP contribution in [-0.4, -0.2) is 9.13 Å². The maximum atomic E-state index is 14.7.